The smallest absolute Gasteiger partial charge is 0.233 e. The lowest BCUT2D eigenvalue weighted by atomic mass is 10.1. The van der Waals surface area contributed by atoms with Crippen molar-refractivity contribution in [2.45, 2.75) is 18.0 Å². The van der Waals surface area contributed by atoms with Gasteiger partial charge in [-0.3, -0.25) is 4.79 Å². The van der Waals surface area contributed by atoms with Crippen LogP contribution in [0.1, 0.15) is 18.5 Å². The van der Waals surface area contributed by atoms with E-state index >= 15 is 0 Å². The van der Waals surface area contributed by atoms with Crippen LogP contribution in [-0.2, 0) is 4.79 Å². The molecule has 0 aliphatic rings. The number of para-hydroxylation sites is 1. The topological polar surface area (TPSA) is 33.2 Å². The van der Waals surface area contributed by atoms with Crippen LogP contribution in [0.3, 0.4) is 0 Å². The van der Waals surface area contributed by atoms with Crippen LogP contribution >= 0.6 is 11.8 Å². The van der Waals surface area contributed by atoms with Crippen molar-refractivity contribution in [3.63, 3.8) is 0 Å². The first kappa shape index (κ1) is 17.4. The van der Waals surface area contributed by atoms with Crippen molar-refractivity contribution in [3.05, 3.63) is 72.0 Å². The molecular weight excluding hydrogens is 335 g/mol. The van der Waals surface area contributed by atoms with Crippen LogP contribution in [-0.4, -0.2) is 28.6 Å². The predicted molar refractivity (Wildman–Crippen MR) is 100 cm³/mol. The van der Waals surface area contributed by atoms with E-state index in [0.717, 1.165) is 21.5 Å². The van der Waals surface area contributed by atoms with Gasteiger partial charge in [-0.25, -0.2) is 9.37 Å². The molecular formula is C20H19FN2OS. The van der Waals surface area contributed by atoms with Crippen molar-refractivity contribution < 1.29 is 9.18 Å². The number of hydrogen-bond acceptors (Lipinski definition) is 3. The molecule has 1 unspecified atom stereocenters. The third-order valence-corrected chi connectivity index (χ3v) is 5.16. The molecule has 1 amide bonds. The molecule has 1 atom stereocenters. The lowest BCUT2D eigenvalue weighted by molar-refractivity contribution is -0.128. The van der Waals surface area contributed by atoms with Crippen LogP contribution in [0.2, 0.25) is 0 Å². The number of rotatable bonds is 5. The number of hydrogen-bond donors (Lipinski definition) is 0. The normalized spacial score (nSPS) is 12.1. The van der Waals surface area contributed by atoms with Crippen LogP contribution < -0.4 is 0 Å². The molecule has 0 radical (unpaired) electrons. The Morgan fingerprint density at radius 2 is 1.84 bits per heavy atom. The number of pyridine rings is 1. The van der Waals surface area contributed by atoms with Gasteiger partial charge in [0.2, 0.25) is 5.91 Å². The standard InChI is InChI=1S/C20H19FN2OS/c1-14(15-7-10-17(21)11-8-15)23(2)20(24)13-25-19-12-9-16-5-3-4-6-18(16)22-19/h3-12,14H,13H2,1-2H3. The molecule has 0 N–H and O–H groups in total. The zero-order valence-corrected chi connectivity index (χ0v) is 15.0. The Kier molecular flexibility index (Phi) is 5.34. The summed E-state index contributed by atoms with van der Waals surface area (Å²) in [5, 5.41) is 1.91. The third kappa shape index (κ3) is 4.17. The van der Waals surface area contributed by atoms with E-state index in [1.54, 1.807) is 24.1 Å². The van der Waals surface area contributed by atoms with Gasteiger partial charge in [0.15, 0.2) is 0 Å². The van der Waals surface area contributed by atoms with E-state index in [1.165, 1.54) is 23.9 Å². The summed E-state index contributed by atoms with van der Waals surface area (Å²) in [6.07, 6.45) is 0. The van der Waals surface area contributed by atoms with E-state index in [4.69, 9.17) is 0 Å². The first-order chi connectivity index (χ1) is 12.0. The SMILES string of the molecule is CC(c1ccc(F)cc1)N(C)C(=O)CSc1ccc2ccccc2n1. The van der Waals surface area contributed by atoms with E-state index in [9.17, 15) is 9.18 Å². The first-order valence-corrected chi connectivity index (χ1v) is 9.03. The molecule has 3 rings (SSSR count). The van der Waals surface area contributed by atoms with Crippen molar-refractivity contribution in [1.29, 1.82) is 0 Å². The van der Waals surface area contributed by atoms with Crippen molar-refractivity contribution in [2.24, 2.45) is 0 Å². The minimum absolute atomic E-state index is 0.0109. The lowest BCUT2D eigenvalue weighted by Crippen LogP contribution is -2.31. The maximum absolute atomic E-state index is 13.0. The number of nitrogens with zero attached hydrogens (tertiary/aromatic N) is 2. The minimum Gasteiger partial charge on any atom is -0.338 e. The van der Waals surface area contributed by atoms with Gasteiger partial charge in [-0.15, -0.1) is 0 Å². The highest BCUT2D eigenvalue weighted by Crippen LogP contribution is 2.23. The van der Waals surface area contributed by atoms with Crippen molar-refractivity contribution >= 4 is 28.6 Å². The highest BCUT2D eigenvalue weighted by atomic mass is 32.2. The van der Waals surface area contributed by atoms with E-state index in [-0.39, 0.29) is 17.8 Å². The summed E-state index contributed by atoms with van der Waals surface area (Å²) < 4.78 is 13.0. The van der Waals surface area contributed by atoms with E-state index in [0.29, 0.717) is 5.75 Å². The molecule has 25 heavy (non-hydrogen) atoms. The predicted octanol–water partition coefficient (Wildman–Crippen LogP) is 4.69. The first-order valence-electron chi connectivity index (χ1n) is 8.04. The molecule has 0 aliphatic carbocycles. The van der Waals surface area contributed by atoms with Gasteiger partial charge in [-0.2, -0.15) is 0 Å². The van der Waals surface area contributed by atoms with Gasteiger partial charge in [-0.1, -0.05) is 48.2 Å². The number of benzene rings is 2. The quantitative estimate of drug-likeness (QED) is 0.624. The zero-order chi connectivity index (χ0) is 17.8. The summed E-state index contributed by atoms with van der Waals surface area (Å²) in [5.41, 5.74) is 1.83. The summed E-state index contributed by atoms with van der Waals surface area (Å²) in [7, 11) is 1.77. The molecule has 1 heterocycles. The monoisotopic (exact) mass is 354 g/mol. The van der Waals surface area contributed by atoms with Crippen molar-refractivity contribution in [1.82, 2.24) is 9.88 Å². The summed E-state index contributed by atoms with van der Waals surface area (Å²) in [4.78, 5) is 18.7. The number of carbonyl (C=O) groups is 1. The Bertz CT molecular complexity index is 882. The Labute approximate surface area is 150 Å². The largest absolute Gasteiger partial charge is 0.338 e. The van der Waals surface area contributed by atoms with Crippen LogP contribution in [0.4, 0.5) is 4.39 Å². The zero-order valence-electron chi connectivity index (χ0n) is 14.1. The second-order valence-electron chi connectivity index (χ2n) is 5.86. The number of aromatic nitrogens is 1. The number of fused-ring (bicyclic) bond motifs is 1. The Morgan fingerprint density at radius 3 is 2.60 bits per heavy atom. The molecule has 1 aromatic heterocycles. The number of carbonyl (C=O) groups excluding carboxylic acids is 1. The third-order valence-electron chi connectivity index (χ3n) is 4.24. The summed E-state index contributed by atoms with van der Waals surface area (Å²) in [6.45, 7) is 1.93. The molecule has 128 valence electrons. The van der Waals surface area contributed by atoms with Crippen LogP contribution in [0.5, 0.6) is 0 Å². The van der Waals surface area contributed by atoms with Crippen LogP contribution in [0, 0.1) is 5.82 Å². The molecule has 3 aromatic rings. The second-order valence-corrected chi connectivity index (χ2v) is 6.86. The average Bonchev–Trinajstić information content (AvgIpc) is 2.65. The van der Waals surface area contributed by atoms with Gasteiger partial charge in [-0.05, 0) is 36.8 Å². The molecule has 0 aliphatic heterocycles. The van der Waals surface area contributed by atoms with Gasteiger partial charge in [0.1, 0.15) is 5.82 Å². The maximum Gasteiger partial charge on any atom is 0.233 e. The fourth-order valence-electron chi connectivity index (χ4n) is 2.55. The summed E-state index contributed by atoms with van der Waals surface area (Å²) in [6, 6.07) is 18.0. The molecule has 3 nitrogen and oxygen atoms in total. The van der Waals surface area contributed by atoms with Crippen molar-refractivity contribution in [3.8, 4) is 0 Å². The second kappa shape index (κ2) is 7.66. The number of halogens is 1. The molecule has 0 saturated heterocycles. The van der Waals surface area contributed by atoms with E-state index in [2.05, 4.69) is 4.98 Å². The van der Waals surface area contributed by atoms with Crippen LogP contribution in [0.25, 0.3) is 10.9 Å². The lowest BCUT2D eigenvalue weighted by Gasteiger charge is -2.25. The Hall–Kier alpha value is -2.40. The highest BCUT2D eigenvalue weighted by molar-refractivity contribution is 7.99. The molecule has 0 saturated carbocycles. The summed E-state index contributed by atoms with van der Waals surface area (Å²) in [5.74, 6) is 0.0487. The van der Waals surface area contributed by atoms with Gasteiger partial charge in [0.05, 0.1) is 22.3 Å². The molecule has 0 fully saturated rings. The summed E-state index contributed by atoms with van der Waals surface area (Å²) >= 11 is 1.42. The van der Waals surface area contributed by atoms with Crippen molar-refractivity contribution in [2.75, 3.05) is 12.8 Å². The van der Waals surface area contributed by atoms with Gasteiger partial charge in [0.25, 0.3) is 0 Å². The van der Waals surface area contributed by atoms with Gasteiger partial charge in [0, 0.05) is 12.4 Å². The molecule has 2 aromatic carbocycles. The number of thioether (sulfide) groups is 1. The average molecular weight is 354 g/mol. The molecule has 5 heteroatoms. The van der Waals surface area contributed by atoms with Gasteiger partial charge < -0.3 is 4.90 Å². The Balaban J connectivity index is 1.63. The fourth-order valence-corrected chi connectivity index (χ4v) is 3.35. The Morgan fingerprint density at radius 1 is 1.12 bits per heavy atom. The van der Waals surface area contributed by atoms with Gasteiger partial charge >= 0.3 is 0 Å². The molecule has 0 bridgehead atoms. The van der Waals surface area contributed by atoms with E-state index < -0.39 is 0 Å². The highest BCUT2D eigenvalue weighted by Gasteiger charge is 2.17. The fraction of sp³-hybridized carbons (Fsp3) is 0.200. The maximum atomic E-state index is 13.0. The van der Waals surface area contributed by atoms with E-state index in [1.807, 2.05) is 43.3 Å². The minimum atomic E-state index is -0.275. The molecule has 0 spiro atoms. The number of amides is 1. The van der Waals surface area contributed by atoms with Crippen LogP contribution in [0.15, 0.2) is 65.7 Å².